The number of hydrogen-bond acceptors (Lipinski definition) is 0. The molecule has 0 aliphatic rings. The Balaban J connectivity index is 1.47. The Morgan fingerprint density at radius 2 is 1.39 bits per heavy atom. The number of halogens is 1. The van der Waals surface area contributed by atoms with Crippen LogP contribution in [0.1, 0.15) is 46.7 Å². The first kappa shape index (κ1) is 22.6. The summed E-state index contributed by atoms with van der Waals surface area (Å²) < 4.78 is 15.1. The van der Waals surface area contributed by atoms with Crippen LogP contribution in [0.25, 0.3) is 10.8 Å². The molecule has 0 saturated carbocycles. The number of allylic oxidation sites excluding steroid dienone is 2. The van der Waals surface area contributed by atoms with Gasteiger partial charge in [-0.05, 0) is 79.8 Å². The molecule has 0 heterocycles. The molecular formula is C32H29F. The molecule has 33 heavy (non-hydrogen) atoms. The Morgan fingerprint density at radius 1 is 0.727 bits per heavy atom. The van der Waals surface area contributed by atoms with Crippen LogP contribution in [0.3, 0.4) is 0 Å². The molecule has 0 amide bonds. The van der Waals surface area contributed by atoms with Crippen LogP contribution < -0.4 is 0 Å². The lowest BCUT2D eigenvalue weighted by molar-refractivity contribution is 0.636. The van der Waals surface area contributed by atoms with E-state index in [9.17, 15) is 0 Å². The van der Waals surface area contributed by atoms with E-state index in [0.29, 0.717) is 10.9 Å². The molecule has 0 N–H and O–H groups in total. The maximum Gasteiger partial charge on any atom is 0.146 e. The Bertz CT molecular complexity index is 1310. The topological polar surface area (TPSA) is 0 Å². The van der Waals surface area contributed by atoms with Gasteiger partial charge in [0.1, 0.15) is 5.82 Å². The SMILES string of the molecule is C/C=C/CCc1ccc(C#Cc2ccc3cc(CCc4ccc(C)cc4)ccc3c2F)cc1. The zero-order chi connectivity index (χ0) is 23.0. The summed E-state index contributed by atoms with van der Waals surface area (Å²) in [5.74, 6) is 5.89. The van der Waals surface area contributed by atoms with Crippen molar-refractivity contribution in [1.29, 1.82) is 0 Å². The number of benzene rings is 4. The standard InChI is InChI=1S/C32H29F/c1-3-4-5-6-25-11-13-27(14-12-25)17-19-29-20-21-30-23-28(18-22-31(30)32(29)33)16-15-26-9-7-24(2)8-10-26/h3-4,7-14,18,20-23H,5-6,15-16H2,1-2H3/b4-3+. The summed E-state index contributed by atoms with van der Waals surface area (Å²) in [4.78, 5) is 0. The fraction of sp³-hybridized carbons (Fsp3) is 0.188. The van der Waals surface area contributed by atoms with Gasteiger partial charge in [-0.15, -0.1) is 0 Å². The van der Waals surface area contributed by atoms with Gasteiger partial charge in [-0.2, -0.15) is 0 Å². The summed E-state index contributed by atoms with van der Waals surface area (Å²) >= 11 is 0. The van der Waals surface area contributed by atoms with Crippen molar-refractivity contribution in [1.82, 2.24) is 0 Å². The van der Waals surface area contributed by atoms with Crippen molar-refractivity contribution in [2.45, 2.75) is 39.5 Å². The fourth-order valence-electron chi connectivity index (χ4n) is 3.95. The molecule has 0 radical (unpaired) electrons. The average Bonchev–Trinajstić information content (AvgIpc) is 2.84. The molecule has 0 saturated heterocycles. The van der Waals surface area contributed by atoms with E-state index in [1.54, 1.807) is 6.07 Å². The molecule has 0 spiro atoms. The third-order valence-corrected chi connectivity index (χ3v) is 5.97. The van der Waals surface area contributed by atoms with Crippen LogP contribution in [0.4, 0.5) is 4.39 Å². The molecule has 4 aromatic rings. The zero-order valence-corrected chi connectivity index (χ0v) is 19.4. The van der Waals surface area contributed by atoms with Gasteiger partial charge in [0.15, 0.2) is 0 Å². The third kappa shape index (κ3) is 5.99. The van der Waals surface area contributed by atoms with E-state index < -0.39 is 0 Å². The summed E-state index contributed by atoms with van der Waals surface area (Å²) in [5.41, 5.74) is 6.44. The van der Waals surface area contributed by atoms with Crippen LogP contribution in [-0.4, -0.2) is 0 Å². The maximum atomic E-state index is 15.1. The first-order chi connectivity index (χ1) is 16.1. The van der Waals surface area contributed by atoms with Gasteiger partial charge in [0.2, 0.25) is 0 Å². The molecule has 0 aliphatic heterocycles. The van der Waals surface area contributed by atoms with Crippen LogP contribution in [-0.2, 0) is 19.3 Å². The molecule has 0 fully saturated rings. The predicted octanol–water partition coefficient (Wildman–Crippen LogP) is 7.98. The molecule has 4 aromatic carbocycles. The lowest BCUT2D eigenvalue weighted by Crippen LogP contribution is -1.93. The number of aryl methyl sites for hydroxylation is 4. The summed E-state index contributed by atoms with van der Waals surface area (Å²) in [6, 6.07) is 26.7. The number of fused-ring (bicyclic) bond motifs is 1. The minimum absolute atomic E-state index is 0.243. The third-order valence-electron chi connectivity index (χ3n) is 5.97. The van der Waals surface area contributed by atoms with E-state index in [1.165, 1.54) is 22.3 Å². The van der Waals surface area contributed by atoms with Gasteiger partial charge >= 0.3 is 0 Å². The van der Waals surface area contributed by atoms with Gasteiger partial charge < -0.3 is 0 Å². The molecule has 0 aromatic heterocycles. The van der Waals surface area contributed by atoms with E-state index in [-0.39, 0.29) is 5.82 Å². The van der Waals surface area contributed by atoms with Crippen LogP contribution in [0, 0.1) is 24.6 Å². The first-order valence-corrected chi connectivity index (χ1v) is 11.6. The van der Waals surface area contributed by atoms with Crippen molar-refractivity contribution >= 4 is 10.8 Å². The second kappa shape index (κ2) is 10.8. The zero-order valence-electron chi connectivity index (χ0n) is 19.4. The fourth-order valence-corrected chi connectivity index (χ4v) is 3.95. The lowest BCUT2D eigenvalue weighted by atomic mass is 9.99. The molecule has 0 aliphatic carbocycles. The second-order valence-electron chi connectivity index (χ2n) is 8.52. The number of rotatable bonds is 6. The molecule has 1 heteroatoms. The van der Waals surface area contributed by atoms with Gasteiger partial charge in [0.05, 0.1) is 5.56 Å². The highest BCUT2D eigenvalue weighted by Crippen LogP contribution is 2.23. The first-order valence-electron chi connectivity index (χ1n) is 11.6. The molecule has 0 nitrogen and oxygen atoms in total. The Labute approximate surface area is 196 Å². The lowest BCUT2D eigenvalue weighted by Gasteiger charge is -2.07. The number of hydrogen-bond donors (Lipinski definition) is 0. The minimum atomic E-state index is -0.243. The Hall–Kier alpha value is -3.63. The van der Waals surface area contributed by atoms with Crippen molar-refractivity contribution in [2.24, 2.45) is 0 Å². The van der Waals surface area contributed by atoms with E-state index >= 15 is 4.39 Å². The van der Waals surface area contributed by atoms with Crippen molar-refractivity contribution in [3.63, 3.8) is 0 Å². The second-order valence-corrected chi connectivity index (χ2v) is 8.52. The van der Waals surface area contributed by atoms with Crippen molar-refractivity contribution < 1.29 is 4.39 Å². The maximum absolute atomic E-state index is 15.1. The predicted molar refractivity (Wildman–Crippen MR) is 138 cm³/mol. The van der Waals surface area contributed by atoms with Gasteiger partial charge in [0.25, 0.3) is 0 Å². The quantitative estimate of drug-likeness (QED) is 0.214. The molecule has 0 unspecified atom stereocenters. The molecule has 0 atom stereocenters. The summed E-state index contributed by atoms with van der Waals surface area (Å²) in [5, 5.41) is 1.55. The minimum Gasteiger partial charge on any atom is -0.205 e. The smallest absolute Gasteiger partial charge is 0.146 e. The molecule has 164 valence electrons. The highest BCUT2D eigenvalue weighted by Gasteiger charge is 2.07. The van der Waals surface area contributed by atoms with Crippen molar-refractivity contribution in [3.8, 4) is 11.8 Å². The monoisotopic (exact) mass is 432 g/mol. The van der Waals surface area contributed by atoms with Crippen LogP contribution >= 0.6 is 0 Å². The van der Waals surface area contributed by atoms with Gasteiger partial charge in [-0.25, -0.2) is 4.39 Å². The van der Waals surface area contributed by atoms with Crippen molar-refractivity contribution in [2.75, 3.05) is 0 Å². The van der Waals surface area contributed by atoms with Crippen LogP contribution in [0.15, 0.2) is 91.0 Å². The Kier molecular flexibility index (Phi) is 7.38. The molecule has 0 bridgehead atoms. The normalized spacial score (nSPS) is 11.0. The highest BCUT2D eigenvalue weighted by molar-refractivity contribution is 5.85. The summed E-state index contributed by atoms with van der Waals surface area (Å²) in [6.45, 7) is 4.14. The largest absolute Gasteiger partial charge is 0.205 e. The highest BCUT2D eigenvalue weighted by atomic mass is 19.1. The van der Waals surface area contributed by atoms with Gasteiger partial charge in [-0.1, -0.05) is 90.2 Å². The van der Waals surface area contributed by atoms with Crippen LogP contribution in [0.2, 0.25) is 0 Å². The Morgan fingerprint density at radius 3 is 2.15 bits per heavy atom. The van der Waals surface area contributed by atoms with E-state index in [1.807, 2.05) is 37.3 Å². The van der Waals surface area contributed by atoms with E-state index in [4.69, 9.17) is 0 Å². The molecular weight excluding hydrogens is 403 g/mol. The van der Waals surface area contributed by atoms with Gasteiger partial charge in [-0.3, -0.25) is 0 Å². The van der Waals surface area contributed by atoms with E-state index in [2.05, 4.69) is 73.4 Å². The molecule has 4 rings (SSSR count). The summed E-state index contributed by atoms with van der Waals surface area (Å²) in [6.07, 6.45) is 8.22. The van der Waals surface area contributed by atoms with E-state index in [0.717, 1.165) is 36.6 Å². The average molecular weight is 433 g/mol. The van der Waals surface area contributed by atoms with Gasteiger partial charge in [0, 0.05) is 10.9 Å². The van der Waals surface area contributed by atoms with Crippen molar-refractivity contribution in [3.05, 3.63) is 130 Å². The summed E-state index contributed by atoms with van der Waals surface area (Å²) in [7, 11) is 0. The van der Waals surface area contributed by atoms with Crippen LogP contribution in [0.5, 0.6) is 0 Å².